The molecule has 194 valence electrons. The number of H-pyrrole nitrogens is 2. The molecule has 1 saturated heterocycles. The highest BCUT2D eigenvalue weighted by atomic mass is 32.1. The van der Waals surface area contributed by atoms with Gasteiger partial charge in [-0.25, -0.2) is 0 Å². The molecule has 0 bridgehead atoms. The summed E-state index contributed by atoms with van der Waals surface area (Å²) >= 11 is 1.46. The smallest absolute Gasteiger partial charge is 0.169 e. The van der Waals surface area contributed by atoms with Gasteiger partial charge in [-0.3, -0.25) is 19.9 Å². The van der Waals surface area contributed by atoms with Gasteiger partial charge in [0.15, 0.2) is 5.78 Å². The summed E-state index contributed by atoms with van der Waals surface area (Å²) in [7, 11) is 0. The number of aromatic nitrogens is 5. The maximum atomic E-state index is 11.8. The second-order valence-corrected chi connectivity index (χ2v) is 10.9. The number of benzene rings is 1. The molecule has 39 heavy (non-hydrogen) atoms. The number of hydrogen-bond donors (Lipinski definition) is 3. The molecule has 0 unspecified atom stereocenters. The number of Topliss-reactive ketones (excluding diaryl/α,β-unsaturated/α-hetero) is 1. The number of nitrogens with zero attached hydrogens (tertiary/aromatic N) is 3. The number of fused-ring (bicyclic) bond motifs is 2. The van der Waals surface area contributed by atoms with E-state index in [1.807, 2.05) is 36.5 Å². The van der Waals surface area contributed by atoms with Crippen LogP contribution in [0, 0.1) is 0 Å². The maximum Gasteiger partial charge on any atom is 0.169 e. The van der Waals surface area contributed by atoms with Crippen LogP contribution in [0.2, 0.25) is 0 Å². The van der Waals surface area contributed by atoms with Crippen LogP contribution in [0.3, 0.4) is 0 Å². The van der Waals surface area contributed by atoms with Gasteiger partial charge in [-0.1, -0.05) is 12.1 Å². The fourth-order valence-electron chi connectivity index (χ4n) is 5.15. The Morgan fingerprint density at radius 3 is 2.69 bits per heavy atom. The minimum Gasteiger partial charge on any atom is -0.490 e. The van der Waals surface area contributed by atoms with E-state index in [-0.39, 0.29) is 11.9 Å². The molecule has 0 radical (unpaired) electrons. The lowest BCUT2D eigenvalue weighted by Crippen LogP contribution is -2.34. The molecule has 5 aromatic heterocycles. The monoisotopic (exact) mass is 534 g/mol. The number of thiophene rings is 1. The minimum absolute atomic E-state index is 0.0592. The van der Waals surface area contributed by atoms with Crippen molar-refractivity contribution in [1.29, 1.82) is 0 Å². The van der Waals surface area contributed by atoms with Crippen LogP contribution >= 0.6 is 11.3 Å². The predicted octanol–water partition coefficient (Wildman–Crippen LogP) is 6.23. The Hall–Kier alpha value is -4.34. The van der Waals surface area contributed by atoms with E-state index in [9.17, 15) is 4.79 Å². The average Bonchev–Trinajstić information content (AvgIpc) is 3.71. The molecule has 6 heterocycles. The van der Waals surface area contributed by atoms with E-state index in [0.717, 1.165) is 91.6 Å². The molecule has 1 aromatic carbocycles. The number of ketones is 1. The van der Waals surface area contributed by atoms with E-state index in [4.69, 9.17) is 9.72 Å². The van der Waals surface area contributed by atoms with Gasteiger partial charge in [0.25, 0.3) is 0 Å². The summed E-state index contributed by atoms with van der Waals surface area (Å²) < 4.78 is 6.26. The molecular formula is C30H26N6O2S. The van der Waals surface area contributed by atoms with Crippen LogP contribution in [0.15, 0.2) is 67.0 Å². The Morgan fingerprint density at radius 2 is 1.85 bits per heavy atom. The molecule has 0 saturated carbocycles. The molecule has 0 aliphatic carbocycles. The molecular weight excluding hydrogens is 508 g/mol. The zero-order valence-corrected chi connectivity index (χ0v) is 22.1. The number of carbonyl (C=O) groups excluding carboxylic acids is 1. The summed E-state index contributed by atoms with van der Waals surface area (Å²) in [5, 5.41) is 13.1. The molecule has 1 aliphatic rings. The van der Waals surface area contributed by atoms with E-state index in [0.29, 0.717) is 0 Å². The quantitative estimate of drug-likeness (QED) is 0.219. The third kappa shape index (κ3) is 4.49. The number of ether oxygens (including phenoxy) is 1. The lowest BCUT2D eigenvalue weighted by molar-refractivity contribution is 0.102. The number of aromatic amines is 2. The largest absolute Gasteiger partial charge is 0.490 e. The normalized spacial score (nSPS) is 14.3. The van der Waals surface area contributed by atoms with Gasteiger partial charge in [0, 0.05) is 28.0 Å². The van der Waals surface area contributed by atoms with Crippen molar-refractivity contribution in [2.24, 2.45) is 0 Å². The van der Waals surface area contributed by atoms with Crippen LogP contribution in [-0.4, -0.2) is 50.1 Å². The van der Waals surface area contributed by atoms with Gasteiger partial charge in [0.2, 0.25) is 0 Å². The fraction of sp³-hybridized carbons (Fsp3) is 0.200. The summed E-state index contributed by atoms with van der Waals surface area (Å²) in [6.45, 7) is 3.56. The van der Waals surface area contributed by atoms with Crippen molar-refractivity contribution in [2.75, 3.05) is 13.1 Å². The first-order valence-electron chi connectivity index (χ1n) is 13.0. The van der Waals surface area contributed by atoms with Gasteiger partial charge in [0.1, 0.15) is 17.5 Å². The summed E-state index contributed by atoms with van der Waals surface area (Å²) in [5.41, 5.74) is 6.22. The Bertz CT molecular complexity index is 1830. The van der Waals surface area contributed by atoms with Crippen LogP contribution in [0.25, 0.3) is 55.0 Å². The van der Waals surface area contributed by atoms with Crippen molar-refractivity contribution in [3.63, 3.8) is 0 Å². The summed E-state index contributed by atoms with van der Waals surface area (Å²) in [6.07, 6.45) is 5.88. The Kier molecular flexibility index (Phi) is 5.94. The van der Waals surface area contributed by atoms with Gasteiger partial charge in [-0.05, 0) is 75.3 Å². The van der Waals surface area contributed by atoms with Gasteiger partial charge >= 0.3 is 0 Å². The van der Waals surface area contributed by atoms with E-state index in [1.165, 1.54) is 11.3 Å². The van der Waals surface area contributed by atoms with Crippen molar-refractivity contribution in [3.8, 4) is 39.0 Å². The van der Waals surface area contributed by atoms with Gasteiger partial charge in [-0.2, -0.15) is 5.10 Å². The van der Waals surface area contributed by atoms with Crippen LogP contribution < -0.4 is 10.1 Å². The zero-order chi connectivity index (χ0) is 26.3. The molecule has 0 spiro atoms. The molecule has 1 fully saturated rings. The predicted molar refractivity (Wildman–Crippen MR) is 154 cm³/mol. The topological polar surface area (TPSA) is 109 Å². The number of pyridine rings is 2. The zero-order valence-electron chi connectivity index (χ0n) is 21.3. The number of hydrogen-bond acceptors (Lipinski definition) is 7. The highest BCUT2D eigenvalue weighted by Crippen LogP contribution is 2.36. The minimum atomic E-state index is 0.0592. The van der Waals surface area contributed by atoms with Crippen molar-refractivity contribution in [1.82, 2.24) is 30.5 Å². The van der Waals surface area contributed by atoms with Crippen molar-refractivity contribution in [3.05, 3.63) is 71.9 Å². The number of carbonyl (C=O) groups is 1. The molecule has 8 nitrogen and oxygen atoms in total. The highest BCUT2D eigenvalue weighted by Gasteiger charge is 2.18. The third-order valence-corrected chi connectivity index (χ3v) is 8.35. The average molecular weight is 535 g/mol. The Balaban J connectivity index is 1.25. The summed E-state index contributed by atoms with van der Waals surface area (Å²) in [4.78, 5) is 26.4. The SMILES string of the molecule is CC(=O)c1ccc(-c2nccc3[nH]c(-c4n[nH]c5cnc(-c6cccc(OC7CCNCC7)c6)cc45)cc23)s1. The Labute approximate surface area is 228 Å². The van der Waals surface area contributed by atoms with Crippen LogP contribution in [-0.2, 0) is 0 Å². The standard InChI is InChI=1S/C30H26N6O2S/c1-17(37)27-5-6-28(39-27)30-21-15-25(34-23(21)9-12-32-30)29-22-14-24(33-16-26(22)35-36-29)18-3-2-4-20(13-18)38-19-7-10-31-11-8-19/h2-6,9,12-16,19,31,34H,7-8,10-11H2,1H3,(H,35,36). The van der Waals surface area contributed by atoms with E-state index in [1.54, 1.807) is 13.1 Å². The van der Waals surface area contributed by atoms with Crippen LogP contribution in [0.5, 0.6) is 5.75 Å². The van der Waals surface area contributed by atoms with E-state index >= 15 is 0 Å². The second-order valence-electron chi connectivity index (χ2n) is 9.81. The van der Waals surface area contributed by atoms with E-state index < -0.39 is 0 Å². The van der Waals surface area contributed by atoms with E-state index in [2.05, 4.69) is 49.7 Å². The van der Waals surface area contributed by atoms with Crippen LogP contribution in [0.1, 0.15) is 29.4 Å². The lowest BCUT2D eigenvalue weighted by Gasteiger charge is -2.24. The summed E-state index contributed by atoms with van der Waals surface area (Å²) in [6, 6.07) is 18.1. The number of rotatable bonds is 6. The van der Waals surface area contributed by atoms with Crippen molar-refractivity contribution >= 4 is 38.9 Å². The van der Waals surface area contributed by atoms with Crippen molar-refractivity contribution < 1.29 is 9.53 Å². The van der Waals surface area contributed by atoms with Gasteiger partial charge in [0.05, 0.1) is 38.5 Å². The Morgan fingerprint density at radius 1 is 0.974 bits per heavy atom. The molecule has 7 rings (SSSR count). The van der Waals surface area contributed by atoms with Crippen LogP contribution in [0.4, 0.5) is 0 Å². The molecule has 1 aliphatic heterocycles. The first-order valence-corrected chi connectivity index (χ1v) is 13.9. The van der Waals surface area contributed by atoms with Crippen molar-refractivity contribution in [2.45, 2.75) is 25.9 Å². The fourth-order valence-corrected chi connectivity index (χ4v) is 6.06. The second kappa shape index (κ2) is 9.76. The molecule has 0 atom stereocenters. The molecule has 6 aromatic rings. The first-order chi connectivity index (χ1) is 19.1. The molecule has 9 heteroatoms. The lowest BCUT2D eigenvalue weighted by atomic mass is 10.1. The maximum absolute atomic E-state index is 11.8. The van der Waals surface area contributed by atoms with Gasteiger partial charge < -0.3 is 15.0 Å². The number of nitrogens with one attached hydrogen (secondary N) is 3. The molecule has 3 N–H and O–H groups in total. The van der Waals surface area contributed by atoms with Gasteiger partial charge in [-0.15, -0.1) is 11.3 Å². The highest BCUT2D eigenvalue weighted by molar-refractivity contribution is 7.17. The summed E-state index contributed by atoms with van der Waals surface area (Å²) in [5.74, 6) is 0.926. The third-order valence-electron chi connectivity index (χ3n) is 7.16. The number of piperidine rings is 1. The first kappa shape index (κ1) is 23.8. The molecule has 0 amide bonds.